The number of pyridine rings is 1. The third-order valence-electron chi connectivity index (χ3n) is 2.46. The van der Waals surface area contributed by atoms with Crippen LogP contribution in [0.3, 0.4) is 0 Å². The van der Waals surface area contributed by atoms with E-state index in [0.29, 0.717) is 0 Å². The second kappa shape index (κ2) is 5.23. The van der Waals surface area contributed by atoms with Gasteiger partial charge in [-0.25, -0.2) is 4.98 Å². The molecule has 0 unspecified atom stereocenters. The summed E-state index contributed by atoms with van der Waals surface area (Å²) in [5.41, 5.74) is 10.5. The maximum atomic E-state index is 5.86. The van der Waals surface area contributed by atoms with Crippen LogP contribution in [0.2, 0.25) is 0 Å². The molecule has 0 bridgehead atoms. The second-order valence-electron chi connectivity index (χ2n) is 4.18. The Kier molecular flexibility index (Phi) is 3.69. The molecule has 2 nitrogen and oxygen atoms in total. The first kappa shape index (κ1) is 12.0. The summed E-state index contributed by atoms with van der Waals surface area (Å²) in [5.74, 6) is 0.906. The average molecular weight is 244 g/mol. The zero-order chi connectivity index (χ0) is 12.3. The number of hydrogen-bond acceptors (Lipinski definition) is 3. The van der Waals surface area contributed by atoms with Crippen LogP contribution in [-0.4, -0.2) is 4.98 Å². The van der Waals surface area contributed by atoms with Gasteiger partial charge in [0, 0.05) is 11.9 Å². The Bertz CT molecular complexity index is 503. The molecule has 0 amide bonds. The highest BCUT2D eigenvalue weighted by molar-refractivity contribution is 7.98. The molecule has 0 aliphatic heterocycles. The van der Waals surface area contributed by atoms with Crippen LogP contribution in [0.25, 0.3) is 0 Å². The van der Waals surface area contributed by atoms with Gasteiger partial charge in [0.1, 0.15) is 5.03 Å². The number of anilines is 1. The average Bonchev–Trinajstić information content (AvgIpc) is 2.27. The van der Waals surface area contributed by atoms with Crippen molar-refractivity contribution in [2.45, 2.75) is 24.6 Å². The molecular formula is C14H16N2S. The first-order valence-corrected chi connectivity index (χ1v) is 6.54. The zero-order valence-corrected chi connectivity index (χ0v) is 10.9. The minimum Gasteiger partial charge on any atom is -0.397 e. The Morgan fingerprint density at radius 2 is 1.88 bits per heavy atom. The van der Waals surface area contributed by atoms with Gasteiger partial charge >= 0.3 is 0 Å². The summed E-state index contributed by atoms with van der Waals surface area (Å²) >= 11 is 1.68. The molecule has 17 heavy (non-hydrogen) atoms. The van der Waals surface area contributed by atoms with Crippen molar-refractivity contribution in [3.05, 3.63) is 53.2 Å². The molecule has 1 heterocycles. The molecular weight excluding hydrogens is 228 g/mol. The van der Waals surface area contributed by atoms with E-state index in [1.54, 1.807) is 18.0 Å². The molecule has 2 rings (SSSR count). The van der Waals surface area contributed by atoms with Gasteiger partial charge in [-0.1, -0.05) is 41.1 Å². The summed E-state index contributed by atoms with van der Waals surface area (Å²) in [6.07, 6.45) is 1.78. The fourth-order valence-electron chi connectivity index (χ4n) is 1.83. The maximum Gasteiger partial charge on any atom is 0.119 e. The van der Waals surface area contributed by atoms with E-state index in [1.165, 1.54) is 16.7 Å². The smallest absolute Gasteiger partial charge is 0.119 e. The monoisotopic (exact) mass is 244 g/mol. The maximum absolute atomic E-state index is 5.86. The first-order valence-electron chi connectivity index (χ1n) is 5.55. The molecule has 0 saturated carbocycles. The highest BCUT2D eigenvalue weighted by Crippen LogP contribution is 2.26. The third-order valence-corrected chi connectivity index (χ3v) is 3.55. The van der Waals surface area contributed by atoms with E-state index in [-0.39, 0.29) is 0 Å². The molecule has 0 spiro atoms. The molecule has 0 atom stereocenters. The quantitative estimate of drug-likeness (QED) is 0.839. The molecule has 1 aromatic heterocycles. The molecule has 2 N–H and O–H groups in total. The van der Waals surface area contributed by atoms with Crippen LogP contribution in [0.4, 0.5) is 5.69 Å². The summed E-state index contributed by atoms with van der Waals surface area (Å²) in [6, 6.07) is 10.3. The third kappa shape index (κ3) is 3.24. The lowest BCUT2D eigenvalue weighted by atomic mass is 10.1. The van der Waals surface area contributed by atoms with E-state index < -0.39 is 0 Å². The summed E-state index contributed by atoms with van der Waals surface area (Å²) in [7, 11) is 0. The van der Waals surface area contributed by atoms with Crippen molar-refractivity contribution in [3.63, 3.8) is 0 Å². The van der Waals surface area contributed by atoms with Crippen LogP contribution < -0.4 is 5.73 Å². The minimum absolute atomic E-state index is 0.752. The number of thioether (sulfide) groups is 1. The Balaban J connectivity index is 2.10. The van der Waals surface area contributed by atoms with Gasteiger partial charge in [-0.2, -0.15) is 0 Å². The predicted molar refractivity (Wildman–Crippen MR) is 74.1 cm³/mol. The highest BCUT2D eigenvalue weighted by Gasteiger charge is 2.02. The van der Waals surface area contributed by atoms with Crippen LogP contribution in [-0.2, 0) is 5.75 Å². The van der Waals surface area contributed by atoms with Crippen molar-refractivity contribution in [3.8, 4) is 0 Å². The van der Waals surface area contributed by atoms with Crippen molar-refractivity contribution >= 4 is 17.4 Å². The lowest BCUT2D eigenvalue weighted by molar-refractivity contribution is 1.14. The van der Waals surface area contributed by atoms with E-state index in [1.807, 2.05) is 12.1 Å². The van der Waals surface area contributed by atoms with Crippen LogP contribution in [0.15, 0.2) is 41.6 Å². The largest absolute Gasteiger partial charge is 0.397 e. The topological polar surface area (TPSA) is 38.9 Å². The Morgan fingerprint density at radius 1 is 1.18 bits per heavy atom. The van der Waals surface area contributed by atoms with Crippen LogP contribution >= 0.6 is 11.8 Å². The molecule has 3 heteroatoms. The lowest BCUT2D eigenvalue weighted by Gasteiger charge is -2.06. The van der Waals surface area contributed by atoms with Crippen molar-refractivity contribution in [2.24, 2.45) is 0 Å². The lowest BCUT2D eigenvalue weighted by Crippen LogP contribution is -1.92. The number of rotatable bonds is 3. The Hall–Kier alpha value is -1.48. The van der Waals surface area contributed by atoms with Crippen molar-refractivity contribution in [2.75, 3.05) is 5.73 Å². The van der Waals surface area contributed by atoms with Gasteiger partial charge in [0.15, 0.2) is 0 Å². The molecule has 0 radical (unpaired) electrons. The van der Waals surface area contributed by atoms with Crippen molar-refractivity contribution in [1.29, 1.82) is 0 Å². The molecule has 1 aromatic carbocycles. The second-order valence-corrected chi connectivity index (χ2v) is 5.15. The number of aromatic nitrogens is 1. The number of hydrogen-bond donors (Lipinski definition) is 1. The predicted octanol–water partition coefficient (Wildman–Crippen LogP) is 3.57. The van der Waals surface area contributed by atoms with Gasteiger partial charge in [0.2, 0.25) is 0 Å². The number of nitrogen functional groups attached to an aromatic ring is 1. The van der Waals surface area contributed by atoms with E-state index in [4.69, 9.17) is 5.73 Å². The molecule has 0 saturated heterocycles. The van der Waals surface area contributed by atoms with Crippen LogP contribution in [0.1, 0.15) is 16.7 Å². The molecule has 88 valence electrons. The Labute approximate surface area is 106 Å². The van der Waals surface area contributed by atoms with E-state index in [0.717, 1.165) is 16.5 Å². The summed E-state index contributed by atoms with van der Waals surface area (Å²) in [5, 5.41) is 0.909. The van der Waals surface area contributed by atoms with E-state index >= 15 is 0 Å². The highest BCUT2D eigenvalue weighted by atomic mass is 32.2. The fourth-order valence-corrected chi connectivity index (χ4v) is 2.67. The molecule has 0 fully saturated rings. The number of nitrogens with zero attached hydrogens (tertiary/aromatic N) is 1. The normalized spacial score (nSPS) is 10.5. The van der Waals surface area contributed by atoms with E-state index in [9.17, 15) is 0 Å². The van der Waals surface area contributed by atoms with Gasteiger partial charge in [0.25, 0.3) is 0 Å². The summed E-state index contributed by atoms with van der Waals surface area (Å²) < 4.78 is 0. The van der Waals surface area contributed by atoms with Gasteiger partial charge in [-0.3, -0.25) is 0 Å². The number of nitrogens with two attached hydrogens (primary N) is 1. The van der Waals surface area contributed by atoms with Gasteiger partial charge in [-0.05, 0) is 31.5 Å². The molecule has 0 aliphatic carbocycles. The Morgan fingerprint density at radius 3 is 2.53 bits per heavy atom. The van der Waals surface area contributed by atoms with Crippen LogP contribution in [0, 0.1) is 13.8 Å². The van der Waals surface area contributed by atoms with Gasteiger partial charge in [0.05, 0.1) is 5.69 Å². The van der Waals surface area contributed by atoms with Crippen molar-refractivity contribution in [1.82, 2.24) is 4.98 Å². The standard InChI is InChI=1S/C14H16N2S/c1-10-6-11(2)8-12(7-10)9-17-14-13(15)4-3-5-16-14/h3-8H,9,15H2,1-2H3. The number of benzene rings is 1. The summed E-state index contributed by atoms with van der Waals surface area (Å²) in [4.78, 5) is 4.28. The van der Waals surface area contributed by atoms with Gasteiger partial charge < -0.3 is 5.73 Å². The van der Waals surface area contributed by atoms with E-state index in [2.05, 4.69) is 37.0 Å². The number of aryl methyl sites for hydroxylation is 2. The fraction of sp³-hybridized carbons (Fsp3) is 0.214. The van der Waals surface area contributed by atoms with Crippen molar-refractivity contribution < 1.29 is 0 Å². The van der Waals surface area contributed by atoms with Gasteiger partial charge in [-0.15, -0.1) is 0 Å². The SMILES string of the molecule is Cc1cc(C)cc(CSc2ncccc2N)c1. The van der Waals surface area contributed by atoms with Crippen LogP contribution in [0.5, 0.6) is 0 Å². The zero-order valence-electron chi connectivity index (χ0n) is 10.1. The minimum atomic E-state index is 0.752. The summed E-state index contributed by atoms with van der Waals surface area (Å²) in [6.45, 7) is 4.24. The molecule has 2 aromatic rings. The molecule has 0 aliphatic rings. The first-order chi connectivity index (χ1) is 8.15.